The molecule has 1 unspecified atom stereocenters. The lowest BCUT2D eigenvalue weighted by atomic mass is 9.67. The van der Waals surface area contributed by atoms with Gasteiger partial charge in [0.05, 0.1) is 13.0 Å². The summed E-state index contributed by atoms with van der Waals surface area (Å²) in [7, 11) is 0. The van der Waals surface area contributed by atoms with Gasteiger partial charge in [-0.2, -0.15) is 8.78 Å². The Morgan fingerprint density at radius 3 is 2.10 bits per heavy atom. The largest absolute Gasteiger partial charge is 0.481 e. The highest BCUT2D eigenvalue weighted by molar-refractivity contribution is 6.08. The van der Waals surface area contributed by atoms with Crippen molar-refractivity contribution < 1.29 is 51.4 Å². The Hall–Kier alpha value is -4.49. The molecule has 208 valence electrons. The van der Waals surface area contributed by atoms with Crippen molar-refractivity contribution in [2.45, 2.75) is 31.7 Å². The molecule has 4 N–H and O–H groups in total. The van der Waals surface area contributed by atoms with Crippen molar-refractivity contribution in [3.8, 4) is 5.75 Å². The first-order chi connectivity index (χ1) is 18.4. The fourth-order valence-corrected chi connectivity index (χ4v) is 3.78. The van der Waals surface area contributed by atoms with Gasteiger partial charge in [0.15, 0.2) is 23.2 Å². The molecule has 3 amide bonds. The van der Waals surface area contributed by atoms with Gasteiger partial charge < -0.3 is 25.8 Å². The molecule has 0 saturated heterocycles. The number of aliphatic carboxylic acids is 1. The van der Waals surface area contributed by atoms with E-state index in [0.717, 1.165) is 0 Å². The Bertz CT molecular complexity index is 1260. The van der Waals surface area contributed by atoms with Crippen molar-refractivity contribution in [3.05, 3.63) is 59.7 Å². The van der Waals surface area contributed by atoms with Crippen molar-refractivity contribution in [2.75, 3.05) is 18.5 Å². The number of nitrogens with one attached hydrogen (secondary N) is 3. The standard InChI is InChI=1S/C25H23F4N3O7/c26-14-9-15(27)21(29)22(20(14)28)39-12-17(33)16(10-19(35)36)32-24(38)25(7-4-8-25)23(37)30-11-18(34)31-13-5-2-1-3-6-13/h1-3,5-6,9,16H,4,7-8,10-12H2,(H,30,37)(H,31,34)(H,32,38)(H,35,36). The number of hydrogen-bond acceptors (Lipinski definition) is 6. The number of ether oxygens (including phenoxy) is 1. The van der Waals surface area contributed by atoms with Crippen molar-refractivity contribution in [2.24, 2.45) is 5.41 Å². The molecule has 0 spiro atoms. The van der Waals surface area contributed by atoms with E-state index >= 15 is 0 Å². The number of benzene rings is 2. The van der Waals surface area contributed by atoms with Gasteiger partial charge in [0, 0.05) is 11.8 Å². The predicted molar refractivity (Wildman–Crippen MR) is 125 cm³/mol. The Morgan fingerprint density at radius 1 is 0.949 bits per heavy atom. The number of anilines is 1. The Kier molecular flexibility index (Phi) is 9.22. The van der Waals surface area contributed by atoms with E-state index < -0.39 is 89.5 Å². The van der Waals surface area contributed by atoms with Crippen LogP contribution < -0.4 is 20.7 Å². The van der Waals surface area contributed by atoms with Gasteiger partial charge >= 0.3 is 5.97 Å². The van der Waals surface area contributed by atoms with E-state index in [2.05, 4.69) is 20.7 Å². The number of ketones is 1. The average Bonchev–Trinajstić information content (AvgIpc) is 2.85. The second kappa shape index (κ2) is 12.4. The molecule has 2 aromatic carbocycles. The first kappa shape index (κ1) is 29.1. The summed E-state index contributed by atoms with van der Waals surface area (Å²) in [6.45, 7) is -1.73. The fourth-order valence-electron chi connectivity index (χ4n) is 3.78. The van der Waals surface area contributed by atoms with Gasteiger partial charge in [0.1, 0.15) is 18.1 Å². The number of carbonyl (C=O) groups excluding carboxylic acids is 4. The zero-order valence-electron chi connectivity index (χ0n) is 20.2. The van der Waals surface area contributed by atoms with E-state index in [0.29, 0.717) is 12.1 Å². The minimum atomic E-state index is -1.91. The van der Waals surface area contributed by atoms with Crippen LogP contribution in [0.4, 0.5) is 23.2 Å². The molecule has 0 radical (unpaired) electrons. The number of carboxylic acid groups (broad SMARTS) is 1. The summed E-state index contributed by atoms with van der Waals surface area (Å²) in [5.41, 5.74) is -1.22. The van der Waals surface area contributed by atoms with Crippen LogP contribution in [0.5, 0.6) is 5.75 Å². The minimum Gasteiger partial charge on any atom is -0.481 e. The van der Waals surface area contributed by atoms with Gasteiger partial charge in [-0.1, -0.05) is 24.6 Å². The summed E-state index contributed by atoms with van der Waals surface area (Å²) in [5, 5.41) is 16.2. The number of rotatable bonds is 12. The van der Waals surface area contributed by atoms with E-state index in [4.69, 9.17) is 5.11 Å². The number of carbonyl (C=O) groups is 5. The van der Waals surface area contributed by atoms with Crippen LogP contribution in [0.25, 0.3) is 0 Å². The Morgan fingerprint density at radius 2 is 1.56 bits per heavy atom. The first-order valence-electron chi connectivity index (χ1n) is 11.6. The summed E-state index contributed by atoms with van der Waals surface area (Å²) < 4.78 is 58.9. The number of para-hydroxylation sites is 1. The quantitative estimate of drug-likeness (QED) is 0.179. The summed E-state index contributed by atoms with van der Waals surface area (Å²) >= 11 is 0. The maximum atomic E-state index is 13.8. The van der Waals surface area contributed by atoms with E-state index in [1.807, 2.05) is 0 Å². The van der Waals surface area contributed by atoms with E-state index in [1.165, 1.54) is 0 Å². The predicted octanol–water partition coefficient (Wildman–Crippen LogP) is 2.08. The molecule has 10 nitrogen and oxygen atoms in total. The maximum absolute atomic E-state index is 13.8. The zero-order chi connectivity index (χ0) is 28.7. The second-order valence-electron chi connectivity index (χ2n) is 8.71. The zero-order valence-corrected chi connectivity index (χ0v) is 20.2. The molecule has 0 heterocycles. The van der Waals surface area contributed by atoms with Crippen molar-refractivity contribution in [1.29, 1.82) is 0 Å². The average molecular weight is 553 g/mol. The first-order valence-corrected chi connectivity index (χ1v) is 11.6. The Labute approximate surface area is 218 Å². The lowest BCUT2D eigenvalue weighted by Gasteiger charge is -2.39. The Balaban J connectivity index is 1.65. The van der Waals surface area contributed by atoms with Crippen molar-refractivity contribution in [1.82, 2.24) is 10.6 Å². The summed E-state index contributed by atoms with van der Waals surface area (Å²) in [4.78, 5) is 61.8. The smallest absolute Gasteiger partial charge is 0.305 e. The van der Waals surface area contributed by atoms with Crippen LogP contribution in [0.2, 0.25) is 0 Å². The summed E-state index contributed by atoms with van der Waals surface area (Å²) in [6.07, 6.45) is -0.474. The molecule has 3 rings (SSSR count). The van der Waals surface area contributed by atoms with E-state index in [9.17, 15) is 41.5 Å². The van der Waals surface area contributed by atoms with Crippen LogP contribution in [0.1, 0.15) is 25.7 Å². The minimum absolute atomic E-state index is 0.0362. The van der Waals surface area contributed by atoms with E-state index in [1.54, 1.807) is 30.3 Å². The maximum Gasteiger partial charge on any atom is 0.305 e. The van der Waals surface area contributed by atoms with E-state index in [-0.39, 0.29) is 18.9 Å². The molecule has 2 aromatic rings. The van der Waals surface area contributed by atoms with Crippen LogP contribution >= 0.6 is 0 Å². The van der Waals surface area contributed by atoms with Crippen LogP contribution in [0.3, 0.4) is 0 Å². The van der Waals surface area contributed by atoms with Gasteiger partial charge in [0.2, 0.25) is 29.4 Å². The van der Waals surface area contributed by atoms with Crippen LogP contribution in [-0.2, 0) is 24.0 Å². The molecule has 0 aliphatic heterocycles. The molecule has 1 saturated carbocycles. The molecule has 0 aromatic heterocycles. The molecule has 1 fully saturated rings. The highest BCUT2D eigenvalue weighted by Crippen LogP contribution is 2.41. The molecule has 1 aliphatic rings. The third kappa shape index (κ3) is 6.89. The van der Waals surface area contributed by atoms with Gasteiger partial charge in [-0.05, 0) is 25.0 Å². The molecule has 1 aliphatic carbocycles. The number of amides is 3. The summed E-state index contributed by atoms with van der Waals surface area (Å²) in [6, 6.07) is 6.47. The topological polar surface area (TPSA) is 151 Å². The molecule has 1 atom stereocenters. The third-order valence-electron chi connectivity index (χ3n) is 6.05. The van der Waals surface area contributed by atoms with Crippen LogP contribution in [-0.4, -0.2) is 53.8 Å². The number of hydrogen-bond donors (Lipinski definition) is 4. The van der Waals surface area contributed by atoms with Gasteiger partial charge in [-0.3, -0.25) is 24.0 Å². The fraction of sp³-hybridized carbons (Fsp3) is 0.320. The number of carboxylic acids is 1. The normalized spacial score (nSPS) is 14.4. The van der Waals surface area contributed by atoms with Gasteiger partial charge in [-0.15, -0.1) is 0 Å². The lowest BCUT2D eigenvalue weighted by Crippen LogP contribution is -2.59. The van der Waals surface area contributed by atoms with Gasteiger partial charge in [-0.25, -0.2) is 8.78 Å². The monoisotopic (exact) mass is 553 g/mol. The van der Waals surface area contributed by atoms with Crippen molar-refractivity contribution >= 4 is 35.2 Å². The van der Waals surface area contributed by atoms with Crippen LogP contribution in [0.15, 0.2) is 36.4 Å². The number of halogens is 4. The number of Topliss-reactive ketones (excluding diaryl/α,β-unsaturated/α-hetero) is 1. The van der Waals surface area contributed by atoms with Crippen molar-refractivity contribution in [3.63, 3.8) is 0 Å². The molecule has 0 bridgehead atoms. The lowest BCUT2D eigenvalue weighted by molar-refractivity contribution is -0.151. The SMILES string of the molecule is O=C(O)CC(NC(=O)C1(C(=O)NCC(=O)Nc2ccccc2)CCC1)C(=O)COc1c(F)c(F)cc(F)c1F. The third-order valence-corrected chi connectivity index (χ3v) is 6.05. The molecule has 14 heteroatoms. The van der Waals surface area contributed by atoms with Crippen LogP contribution in [0, 0.1) is 28.7 Å². The second-order valence-corrected chi connectivity index (χ2v) is 8.71. The highest BCUT2D eigenvalue weighted by atomic mass is 19.2. The van der Waals surface area contributed by atoms with Gasteiger partial charge in [0.25, 0.3) is 0 Å². The highest BCUT2D eigenvalue weighted by Gasteiger charge is 2.51. The summed E-state index contributed by atoms with van der Waals surface area (Å²) in [5.74, 6) is -14.1. The molecular formula is C25H23F4N3O7. The molecular weight excluding hydrogens is 530 g/mol. The molecule has 39 heavy (non-hydrogen) atoms.